The number of nitrogens with one attached hydrogen (secondary N) is 3. The third-order valence-corrected chi connectivity index (χ3v) is 6.24. The van der Waals surface area contributed by atoms with Crippen molar-refractivity contribution in [2.75, 3.05) is 6.79 Å². The van der Waals surface area contributed by atoms with Crippen LogP contribution >= 0.6 is 0 Å². The number of aromatic nitrogens is 1. The predicted octanol–water partition coefficient (Wildman–Crippen LogP) is 3.50. The van der Waals surface area contributed by atoms with Gasteiger partial charge < -0.3 is 30.3 Å². The van der Waals surface area contributed by atoms with E-state index in [2.05, 4.69) is 15.6 Å². The topological polar surface area (TPSA) is 150 Å². The van der Waals surface area contributed by atoms with E-state index < -0.39 is 35.6 Å². The minimum atomic E-state index is -0.930. The van der Waals surface area contributed by atoms with E-state index in [9.17, 15) is 24.6 Å². The van der Waals surface area contributed by atoms with Gasteiger partial charge in [-0.3, -0.25) is 19.4 Å². The normalized spacial score (nSPS) is 13.7. The first kappa shape index (κ1) is 26.3. The van der Waals surface area contributed by atoms with Crippen molar-refractivity contribution in [3.8, 4) is 23.3 Å². The van der Waals surface area contributed by atoms with Crippen molar-refractivity contribution in [3.05, 3.63) is 76.9 Å². The van der Waals surface area contributed by atoms with Crippen molar-refractivity contribution in [2.24, 2.45) is 0 Å². The number of hydrogen-bond acceptors (Lipinski definition) is 7. The van der Waals surface area contributed by atoms with Crippen LogP contribution in [0.4, 0.5) is 0 Å². The molecule has 1 aliphatic rings. The van der Waals surface area contributed by atoms with Crippen LogP contribution in [0.1, 0.15) is 52.9 Å². The number of benzene rings is 2. The van der Waals surface area contributed by atoms with Gasteiger partial charge in [0.15, 0.2) is 23.2 Å². The number of H-pyrrole nitrogens is 1. The van der Waals surface area contributed by atoms with Crippen LogP contribution in [0.5, 0.6) is 23.3 Å². The van der Waals surface area contributed by atoms with E-state index in [1.807, 2.05) is 6.07 Å². The van der Waals surface area contributed by atoms with Crippen LogP contribution in [0.3, 0.4) is 0 Å². The van der Waals surface area contributed by atoms with E-state index in [0.717, 1.165) is 11.1 Å². The van der Waals surface area contributed by atoms with Crippen molar-refractivity contribution in [3.63, 3.8) is 0 Å². The second-order valence-electron chi connectivity index (χ2n) is 8.84. The van der Waals surface area contributed by atoms with Gasteiger partial charge in [-0.05, 0) is 42.7 Å². The lowest BCUT2D eigenvalue weighted by atomic mass is 9.99. The number of amides is 2. The summed E-state index contributed by atoms with van der Waals surface area (Å²) in [7, 11) is 0. The molecular weight excluding hydrogens is 490 g/mol. The summed E-state index contributed by atoms with van der Waals surface area (Å²) in [6.45, 7) is 3.37. The molecule has 0 radical (unpaired) electrons. The Morgan fingerprint density at radius 2 is 1.76 bits per heavy atom. The number of carbonyl (C=O) groups is 3. The first-order chi connectivity index (χ1) is 18.3. The van der Waals surface area contributed by atoms with Gasteiger partial charge in [0.1, 0.15) is 0 Å². The molecule has 4 rings (SSSR count). The average molecular weight is 520 g/mol. The summed E-state index contributed by atoms with van der Waals surface area (Å²) >= 11 is 0. The molecule has 0 aliphatic carbocycles. The molecule has 2 amide bonds. The van der Waals surface area contributed by atoms with Gasteiger partial charge >= 0.3 is 0 Å². The third kappa shape index (κ3) is 5.97. The number of Topliss-reactive ketones (excluding diaryl/α,β-unsaturated/α-hetero) is 1. The van der Waals surface area contributed by atoms with E-state index in [1.54, 1.807) is 55.5 Å². The van der Waals surface area contributed by atoms with Crippen LogP contribution in [0.25, 0.3) is 6.08 Å². The fourth-order valence-corrected chi connectivity index (χ4v) is 4.18. The third-order valence-electron chi connectivity index (χ3n) is 6.24. The van der Waals surface area contributed by atoms with Gasteiger partial charge in [-0.2, -0.15) is 0 Å². The van der Waals surface area contributed by atoms with E-state index in [1.165, 1.54) is 13.0 Å². The number of carbonyl (C=O) groups excluding carboxylic acids is 3. The second-order valence-corrected chi connectivity index (χ2v) is 8.84. The van der Waals surface area contributed by atoms with E-state index in [-0.39, 0.29) is 36.6 Å². The maximum atomic E-state index is 13.0. The summed E-state index contributed by atoms with van der Waals surface area (Å²) in [4.78, 5) is 41.1. The Morgan fingerprint density at radius 3 is 2.45 bits per heavy atom. The molecule has 10 nitrogen and oxygen atoms in total. The molecule has 0 spiro atoms. The van der Waals surface area contributed by atoms with Crippen molar-refractivity contribution in [1.82, 2.24) is 15.6 Å². The van der Waals surface area contributed by atoms with Crippen LogP contribution in [0, 0.1) is 6.92 Å². The lowest BCUT2D eigenvalue weighted by molar-refractivity contribution is -0.122. The summed E-state index contributed by atoms with van der Waals surface area (Å²) in [5, 5.41) is 25.3. The Hall–Kier alpha value is -4.73. The van der Waals surface area contributed by atoms with Crippen LogP contribution in [-0.2, 0) is 9.59 Å². The number of ether oxygens (including phenoxy) is 2. The monoisotopic (exact) mass is 519 g/mol. The molecule has 2 atom stereocenters. The van der Waals surface area contributed by atoms with Crippen molar-refractivity contribution < 1.29 is 34.1 Å². The molecule has 2 aromatic carbocycles. The molecule has 0 bridgehead atoms. The largest absolute Gasteiger partial charge is 0.494 e. The first-order valence-corrected chi connectivity index (χ1v) is 12.1. The van der Waals surface area contributed by atoms with E-state index >= 15 is 0 Å². The molecule has 0 fully saturated rings. The number of aromatic hydroxyl groups is 2. The lowest BCUT2D eigenvalue weighted by Gasteiger charge is -2.21. The minimum Gasteiger partial charge on any atom is -0.494 e. The quantitative estimate of drug-likeness (QED) is 0.203. The van der Waals surface area contributed by atoms with E-state index in [4.69, 9.17) is 9.47 Å². The van der Waals surface area contributed by atoms with Crippen LogP contribution in [0.15, 0.2) is 54.6 Å². The summed E-state index contributed by atoms with van der Waals surface area (Å²) in [6.07, 6.45) is 3.14. The molecule has 10 heteroatoms. The molecule has 0 saturated heterocycles. The smallest absolute Gasteiger partial charge is 0.244 e. The molecule has 198 valence electrons. The molecule has 5 N–H and O–H groups in total. The maximum absolute atomic E-state index is 13.0. The van der Waals surface area contributed by atoms with Gasteiger partial charge in [-0.25, -0.2) is 0 Å². The Kier molecular flexibility index (Phi) is 8.00. The first-order valence-electron chi connectivity index (χ1n) is 12.1. The van der Waals surface area contributed by atoms with Gasteiger partial charge in [0, 0.05) is 11.6 Å². The predicted molar refractivity (Wildman–Crippen MR) is 139 cm³/mol. The SMILES string of the molecule is CC[C@H](NC(=O)C[C@H](NC(=O)C=Cc1ccc2c(c1)OCO2)c1ccccc1)C(=O)c1c(O)[nH]c(O)c1C. The molecule has 1 aliphatic heterocycles. The van der Waals surface area contributed by atoms with Crippen molar-refractivity contribution in [1.29, 1.82) is 0 Å². The van der Waals surface area contributed by atoms with Gasteiger partial charge in [0.25, 0.3) is 0 Å². The maximum Gasteiger partial charge on any atom is 0.244 e. The van der Waals surface area contributed by atoms with Crippen LogP contribution < -0.4 is 20.1 Å². The number of ketones is 1. The highest BCUT2D eigenvalue weighted by atomic mass is 16.7. The molecule has 0 unspecified atom stereocenters. The van der Waals surface area contributed by atoms with Crippen LogP contribution in [-0.4, -0.2) is 45.6 Å². The summed E-state index contributed by atoms with van der Waals surface area (Å²) in [5.41, 5.74) is 1.59. The second kappa shape index (κ2) is 11.5. The highest BCUT2D eigenvalue weighted by Crippen LogP contribution is 2.33. The molecule has 1 aromatic heterocycles. The Labute approximate surface area is 219 Å². The number of rotatable bonds is 10. The molecule has 3 aromatic rings. The Morgan fingerprint density at radius 1 is 1.03 bits per heavy atom. The molecule has 0 saturated carbocycles. The van der Waals surface area contributed by atoms with E-state index in [0.29, 0.717) is 11.5 Å². The van der Waals surface area contributed by atoms with Crippen molar-refractivity contribution in [2.45, 2.75) is 38.8 Å². The zero-order valence-electron chi connectivity index (χ0n) is 21.0. The zero-order valence-corrected chi connectivity index (χ0v) is 21.0. The summed E-state index contributed by atoms with van der Waals surface area (Å²) < 4.78 is 10.7. The fourth-order valence-electron chi connectivity index (χ4n) is 4.18. The summed E-state index contributed by atoms with van der Waals surface area (Å²) in [6, 6.07) is 12.8. The number of hydrogen-bond donors (Lipinski definition) is 5. The standard InChI is InChI=1S/C28H29N3O7/c1-3-19(26(34)25-16(2)27(35)31-28(25)36)29-24(33)14-20(18-7-5-4-6-8-18)30-23(32)12-10-17-9-11-21-22(13-17)38-15-37-21/h4-13,19-20,31,35-36H,3,14-15H2,1-2H3,(H,29,33)(H,30,32)/t19-,20-/m0/s1. The highest BCUT2D eigenvalue weighted by Gasteiger charge is 2.28. The fraction of sp³-hybridized carbons (Fsp3) is 0.250. The Bertz CT molecular complexity index is 1360. The molecular formula is C28H29N3O7. The summed E-state index contributed by atoms with van der Waals surface area (Å²) in [5.74, 6) is -0.922. The van der Waals surface area contributed by atoms with Crippen LogP contribution in [0.2, 0.25) is 0 Å². The molecule has 38 heavy (non-hydrogen) atoms. The minimum absolute atomic E-state index is 0.0729. The lowest BCUT2D eigenvalue weighted by Crippen LogP contribution is -2.42. The highest BCUT2D eigenvalue weighted by molar-refractivity contribution is 6.05. The van der Waals surface area contributed by atoms with Gasteiger partial charge in [-0.15, -0.1) is 0 Å². The van der Waals surface area contributed by atoms with Gasteiger partial charge in [0.05, 0.1) is 24.1 Å². The van der Waals surface area contributed by atoms with Gasteiger partial charge in [0.2, 0.25) is 24.5 Å². The number of aromatic amines is 1. The Balaban J connectivity index is 1.44. The van der Waals surface area contributed by atoms with Gasteiger partial charge in [-0.1, -0.05) is 43.3 Å². The van der Waals surface area contributed by atoms with Crippen molar-refractivity contribution >= 4 is 23.7 Å². The average Bonchev–Trinajstić information content (AvgIpc) is 3.48. The zero-order chi connectivity index (χ0) is 27.2. The number of fused-ring (bicyclic) bond motifs is 1. The molecule has 2 heterocycles.